The molecule has 0 atom stereocenters. The minimum atomic E-state index is -0.581. The molecule has 306 valence electrons. The van der Waals surface area contributed by atoms with Crippen LogP contribution < -0.4 is 24.4 Å². The number of rotatable bonds is 4. The predicted molar refractivity (Wildman–Crippen MR) is 213 cm³/mol. The zero-order valence-corrected chi connectivity index (χ0v) is 36.5. The van der Waals surface area contributed by atoms with E-state index in [0.29, 0.717) is 66.0 Å². The van der Waals surface area contributed by atoms with E-state index in [1.54, 1.807) is 24.3 Å². The van der Waals surface area contributed by atoms with E-state index >= 15 is 0 Å². The van der Waals surface area contributed by atoms with Crippen molar-refractivity contribution in [1.29, 1.82) is 0 Å². The third-order valence-electron chi connectivity index (χ3n) is 11.4. The lowest BCUT2D eigenvalue weighted by Gasteiger charge is -2.32. The number of hydrogen-bond donors (Lipinski definition) is 0. The molecule has 0 amide bonds. The molecule has 0 N–H and O–H groups in total. The molecule has 18 heteroatoms. The van der Waals surface area contributed by atoms with Crippen molar-refractivity contribution < 1.29 is 65.9 Å². The lowest BCUT2D eigenvalue weighted by Crippen LogP contribution is -2.41. The third kappa shape index (κ3) is 8.57. The van der Waals surface area contributed by atoms with Crippen LogP contribution in [0.1, 0.15) is 104 Å². The Kier molecular flexibility index (Phi) is 12.6. The van der Waals surface area contributed by atoms with Crippen LogP contribution in [0, 0.1) is 0 Å². The molecule has 0 aromatic heterocycles. The van der Waals surface area contributed by atoms with Gasteiger partial charge >= 0.3 is 33.1 Å². The molecule has 7 rings (SSSR count). The lowest BCUT2D eigenvalue weighted by atomic mass is 9.49. The molecule has 14 nitrogen and oxygen atoms in total. The molecular formula is C38H54B3BrO14. The molecule has 2 aromatic rings. The first-order chi connectivity index (χ1) is 25.9. The van der Waals surface area contributed by atoms with Gasteiger partial charge < -0.3 is 56.3 Å². The summed E-state index contributed by atoms with van der Waals surface area (Å²) in [5, 5.41) is 0. The van der Waals surface area contributed by atoms with Crippen molar-refractivity contribution in [3.63, 3.8) is 0 Å². The molecule has 3 saturated heterocycles. The van der Waals surface area contributed by atoms with Crippen LogP contribution in [0.15, 0.2) is 28.7 Å². The maximum Gasteiger partial charge on any atom is 0.498 e. The zero-order chi connectivity index (χ0) is 41.6. The molecule has 56 heavy (non-hydrogen) atoms. The van der Waals surface area contributed by atoms with Gasteiger partial charge in [-0.15, -0.1) is 0 Å². The van der Waals surface area contributed by atoms with E-state index in [1.807, 2.05) is 83.1 Å². The molecule has 0 bridgehead atoms. The second kappa shape index (κ2) is 16.0. The second-order valence-corrected chi connectivity index (χ2v) is 17.7. The number of halogens is 1. The summed E-state index contributed by atoms with van der Waals surface area (Å²) in [4.78, 5) is 23.3. The zero-order valence-electron chi connectivity index (χ0n) is 35.0. The smallest absolute Gasteiger partial charge is 0.486 e. The van der Waals surface area contributed by atoms with E-state index in [1.165, 1.54) is 14.2 Å². The van der Waals surface area contributed by atoms with Gasteiger partial charge in [-0.25, -0.2) is 9.59 Å². The summed E-state index contributed by atoms with van der Waals surface area (Å²) in [5.74, 6) is 0.982. The van der Waals surface area contributed by atoms with Crippen LogP contribution in [0.2, 0.25) is 0 Å². The molecule has 5 aliphatic heterocycles. The van der Waals surface area contributed by atoms with Gasteiger partial charge in [-0.05, 0) is 117 Å². The Morgan fingerprint density at radius 1 is 0.500 bits per heavy atom. The van der Waals surface area contributed by atoms with Gasteiger partial charge in [0.25, 0.3) is 0 Å². The summed E-state index contributed by atoms with van der Waals surface area (Å²) in [7, 11) is 1.13. The van der Waals surface area contributed by atoms with Crippen LogP contribution in [0.5, 0.6) is 23.0 Å². The molecule has 0 saturated carbocycles. The fourth-order valence-corrected chi connectivity index (χ4v) is 6.38. The first kappa shape index (κ1) is 44.1. The third-order valence-corrected chi connectivity index (χ3v) is 12.1. The van der Waals surface area contributed by atoms with Crippen LogP contribution in [-0.2, 0) is 37.4 Å². The van der Waals surface area contributed by atoms with E-state index in [2.05, 4.69) is 20.7 Å². The molecule has 5 heterocycles. The summed E-state index contributed by atoms with van der Waals surface area (Å²) in [6.07, 6.45) is 0. The normalized spacial score (nSPS) is 22.6. The SMILES string of the molecule is CC1(C)OB(B2OC(C)(C)C(C)(C)O2)OC1(C)C.COC(=O)c1ccc(B2OC(C)(C)C(C)(C)O2)c2c1OCCO2.COC(=O)c1ccc(Br)c2c1OCCO2. The topological polar surface area (TPSA) is 145 Å². The Labute approximate surface area is 339 Å². The van der Waals surface area contributed by atoms with Gasteiger partial charge in [0.15, 0.2) is 23.0 Å². The van der Waals surface area contributed by atoms with E-state index in [9.17, 15) is 9.59 Å². The Morgan fingerprint density at radius 2 is 0.821 bits per heavy atom. The molecule has 3 fully saturated rings. The summed E-state index contributed by atoms with van der Waals surface area (Å²) in [6, 6.07) is 6.80. The monoisotopic (exact) mass is 846 g/mol. The maximum atomic E-state index is 11.9. The molecule has 0 spiro atoms. The van der Waals surface area contributed by atoms with Gasteiger partial charge in [0.2, 0.25) is 0 Å². The van der Waals surface area contributed by atoms with Crippen molar-refractivity contribution in [2.45, 2.75) is 117 Å². The van der Waals surface area contributed by atoms with Gasteiger partial charge in [-0.2, -0.15) is 0 Å². The molecule has 0 radical (unpaired) electrons. The quantitative estimate of drug-likeness (QED) is 0.270. The van der Waals surface area contributed by atoms with Crippen molar-refractivity contribution in [2.24, 2.45) is 0 Å². The summed E-state index contributed by atoms with van der Waals surface area (Å²) in [5.41, 5.74) is -0.920. The van der Waals surface area contributed by atoms with Gasteiger partial charge in [0, 0.05) is 5.46 Å². The van der Waals surface area contributed by atoms with E-state index in [-0.39, 0.29) is 22.4 Å². The van der Waals surface area contributed by atoms with Crippen LogP contribution in [-0.4, -0.2) is 107 Å². The van der Waals surface area contributed by atoms with Gasteiger partial charge in [-0.1, -0.05) is 6.07 Å². The highest BCUT2D eigenvalue weighted by molar-refractivity contribution is 9.10. The van der Waals surface area contributed by atoms with E-state index in [0.717, 1.165) is 4.47 Å². The van der Waals surface area contributed by atoms with Crippen LogP contribution >= 0.6 is 15.9 Å². The number of carbonyl (C=O) groups is 2. The fraction of sp³-hybridized carbons (Fsp3) is 0.632. The largest absolute Gasteiger partial charge is 0.498 e. The highest BCUT2D eigenvalue weighted by Crippen LogP contribution is 2.44. The van der Waals surface area contributed by atoms with Crippen LogP contribution in [0.25, 0.3) is 0 Å². The lowest BCUT2D eigenvalue weighted by molar-refractivity contribution is 0.00578. The van der Waals surface area contributed by atoms with E-state index in [4.69, 9.17) is 51.6 Å². The Hall–Kier alpha value is -2.99. The highest BCUT2D eigenvalue weighted by Gasteiger charge is 2.63. The Balaban J connectivity index is 0.000000165. The van der Waals surface area contributed by atoms with Crippen molar-refractivity contribution in [1.82, 2.24) is 0 Å². The van der Waals surface area contributed by atoms with Crippen molar-refractivity contribution in [3.05, 3.63) is 39.9 Å². The highest BCUT2D eigenvalue weighted by atomic mass is 79.9. The van der Waals surface area contributed by atoms with E-state index < -0.39 is 44.3 Å². The van der Waals surface area contributed by atoms with Gasteiger partial charge in [0.1, 0.15) is 37.6 Å². The minimum Gasteiger partial charge on any atom is -0.486 e. The number of carbonyl (C=O) groups excluding carboxylic acids is 2. The standard InChI is InChI=1S/C16H21BO6.C12H24B2O4.C10H9BrO4/c1-15(2)16(3,4)23-17(22-15)11-7-6-10(14(18)19-5)12-13(11)21-9-8-20-12;1-9(2)10(3,4)16-13(15-9)14-17-11(5,6)12(7,8)18-14;1-13-10(12)6-2-3-7(11)9-8(6)14-4-5-15-9/h6-7H,8-9H2,1-5H3;1-8H3;2-3H,4-5H2,1H3. The maximum absolute atomic E-state index is 11.9. The molecule has 2 aromatic carbocycles. The first-order valence-corrected chi connectivity index (χ1v) is 19.4. The molecule has 5 aliphatic rings. The number of ether oxygens (including phenoxy) is 6. The van der Waals surface area contributed by atoms with Crippen LogP contribution in [0.3, 0.4) is 0 Å². The Bertz CT molecular complexity index is 1710. The number of hydrogen-bond acceptors (Lipinski definition) is 14. The minimum absolute atomic E-state index is 0.336. The molecular weight excluding hydrogens is 793 g/mol. The van der Waals surface area contributed by atoms with Gasteiger partial charge in [0.05, 0.1) is 52.3 Å². The molecule has 0 aliphatic carbocycles. The van der Waals surface area contributed by atoms with Crippen LogP contribution in [0.4, 0.5) is 0 Å². The average Bonchev–Trinajstić information content (AvgIpc) is 3.60. The Morgan fingerprint density at radius 3 is 1.21 bits per heavy atom. The van der Waals surface area contributed by atoms with Crippen molar-refractivity contribution >= 4 is 54.5 Å². The molecule has 0 unspecified atom stereocenters. The van der Waals surface area contributed by atoms with Crippen molar-refractivity contribution in [2.75, 3.05) is 40.6 Å². The summed E-state index contributed by atoms with van der Waals surface area (Å²) < 4.78 is 68.4. The summed E-state index contributed by atoms with van der Waals surface area (Å²) in [6.45, 7) is 25.9. The number of esters is 2. The number of fused-ring (bicyclic) bond motifs is 2. The van der Waals surface area contributed by atoms with Gasteiger partial charge in [-0.3, -0.25) is 0 Å². The fourth-order valence-electron chi connectivity index (χ4n) is 5.96. The first-order valence-electron chi connectivity index (χ1n) is 18.6. The van der Waals surface area contributed by atoms with Crippen molar-refractivity contribution in [3.8, 4) is 23.0 Å². The second-order valence-electron chi connectivity index (χ2n) is 16.8. The number of benzene rings is 2. The average molecular weight is 847 g/mol. The number of methoxy groups -OCH3 is 2. The predicted octanol–water partition coefficient (Wildman–Crippen LogP) is 5.80. The summed E-state index contributed by atoms with van der Waals surface area (Å²) >= 11 is 3.33.